The summed E-state index contributed by atoms with van der Waals surface area (Å²) in [6, 6.07) is 0. The molecule has 0 aliphatic heterocycles. The van der Waals surface area contributed by atoms with Crippen LogP contribution in [0.3, 0.4) is 0 Å². The second-order valence-corrected chi connectivity index (χ2v) is 8.40. The smallest absolute Gasteiger partial charge is 0.0633 e. The zero-order valence-corrected chi connectivity index (χ0v) is 14.4. The second kappa shape index (κ2) is 7.49. The Balaban J connectivity index is 1.72. The first-order chi connectivity index (χ1) is 10.3. The van der Waals surface area contributed by atoms with Gasteiger partial charge in [-0.25, -0.2) is 0 Å². The van der Waals surface area contributed by atoms with Crippen LogP contribution in [0.1, 0.15) is 84.0 Å². The molecule has 0 radical (unpaired) electrons. The van der Waals surface area contributed by atoms with Gasteiger partial charge >= 0.3 is 0 Å². The molecule has 0 spiro atoms. The molecule has 3 rings (SSSR count). The van der Waals surface area contributed by atoms with Gasteiger partial charge in [-0.05, 0) is 42.4 Å². The fourth-order valence-electron chi connectivity index (χ4n) is 6.01. The quantitative estimate of drug-likeness (QED) is 0.636. The summed E-state index contributed by atoms with van der Waals surface area (Å²) in [7, 11) is 2.01. The van der Waals surface area contributed by atoms with Crippen molar-refractivity contribution < 1.29 is 4.74 Å². The van der Waals surface area contributed by atoms with Crippen LogP contribution in [0.15, 0.2) is 0 Å². The maximum atomic E-state index is 6.17. The summed E-state index contributed by atoms with van der Waals surface area (Å²) in [4.78, 5) is 0. The highest BCUT2D eigenvalue weighted by Crippen LogP contribution is 2.48. The molecule has 0 aromatic heterocycles. The molecule has 0 amide bonds. The zero-order valence-electron chi connectivity index (χ0n) is 14.4. The van der Waals surface area contributed by atoms with Gasteiger partial charge < -0.3 is 4.74 Å². The number of rotatable bonds is 3. The molecular formula is C20H36O. The Morgan fingerprint density at radius 2 is 1.10 bits per heavy atom. The molecule has 122 valence electrons. The summed E-state index contributed by atoms with van der Waals surface area (Å²) in [6.07, 6.45) is 18.2. The van der Waals surface area contributed by atoms with E-state index in [0.717, 1.165) is 29.6 Å². The van der Waals surface area contributed by atoms with Gasteiger partial charge in [0.2, 0.25) is 0 Å². The third-order valence-corrected chi connectivity index (χ3v) is 6.98. The lowest BCUT2D eigenvalue weighted by atomic mass is 9.61. The Hall–Kier alpha value is -0.0400. The van der Waals surface area contributed by atoms with Crippen molar-refractivity contribution in [2.75, 3.05) is 7.11 Å². The summed E-state index contributed by atoms with van der Waals surface area (Å²) in [5.41, 5.74) is 0. The minimum Gasteiger partial charge on any atom is -0.381 e. The van der Waals surface area contributed by atoms with E-state index in [-0.39, 0.29) is 0 Å². The van der Waals surface area contributed by atoms with Gasteiger partial charge in [0.1, 0.15) is 0 Å². The van der Waals surface area contributed by atoms with E-state index in [1.54, 1.807) is 0 Å². The molecule has 2 unspecified atom stereocenters. The average Bonchev–Trinajstić information content (AvgIpc) is 2.55. The minimum atomic E-state index is 0.576. The number of ether oxygens (including phenoxy) is 1. The molecule has 1 heteroatoms. The predicted molar refractivity (Wildman–Crippen MR) is 89.3 cm³/mol. The highest BCUT2D eigenvalue weighted by molar-refractivity contribution is 4.93. The van der Waals surface area contributed by atoms with E-state index in [1.807, 2.05) is 7.11 Å². The highest BCUT2D eigenvalue weighted by Gasteiger charge is 2.43. The topological polar surface area (TPSA) is 9.23 Å². The first-order valence-electron chi connectivity index (χ1n) is 9.82. The van der Waals surface area contributed by atoms with Crippen molar-refractivity contribution in [2.24, 2.45) is 29.6 Å². The molecular weight excluding hydrogens is 256 g/mol. The monoisotopic (exact) mass is 292 g/mol. The molecule has 2 atom stereocenters. The van der Waals surface area contributed by atoms with Gasteiger partial charge in [-0.3, -0.25) is 0 Å². The molecule has 3 fully saturated rings. The van der Waals surface area contributed by atoms with E-state index in [4.69, 9.17) is 4.74 Å². The largest absolute Gasteiger partial charge is 0.381 e. The van der Waals surface area contributed by atoms with Crippen LogP contribution < -0.4 is 0 Å². The normalized spacial score (nSPS) is 40.3. The van der Waals surface area contributed by atoms with Crippen LogP contribution in [-0.2, 0) is 4.74 Å². The summed E-state index contributed by atoms with van der Waals surface area (Å²) in [5.74, 6) is 4.60. The van der Waals surface area contributed by atoms with Crippen LogP contribution in [0.4, 0.5) is 0 Å². The highest BCUT2D eigenvalue weighted by atomic mass is 16.5. The van der Waals surface area contributed by atoms with E-state index in [9.17, 15) is 0 Å². The van der Waals surface area contributed by atoms with E-state index in [1.165, 1.54) is 77.0 Å². The summed E-state index contributed by atoms with van der Waals surface area (Å²) < 4.78 is 6.17. The van der Waals surface area contributed by atoms with Crippen LogP contribution in [0.5, 0.6) is 0 Å². The first-order valence-corrected chi connectivity index (χ1v) is 9.82. The predicted octanol–water partition coefficient (Wildman–Crippen LogP) is 5.82. The molecule has 21 heavy (non-hydrogen) atoms. The summed E-state index contributed by atoms with van der Waals surface area (Å²) in [5, 5.41) is 0. The molecule has 3 aliphatic carbocycles. The number of hydrogen-bond donors (Lipinski definition) is 0. The lowest BCUT2D eigenvalue weighted by molar-refractivity contribution is -0.0825. The van der Waals surface area contributed by atoms with E-state index < -0.39 is 0 Å². The Kier molecular flexibility index (Phi) is 5.65. The van der Waals surface area contributed by atoms with Crippen molar-refractivity contribution in [1.29, 1.82) is 0 Å². The van der Waals surface area contributed by atoms with E-state index >= 15 is 0 Å². The Labute approximate surface area is 132 Å². The average molecular weight is 293 g/mol. The molecule has 0 N–H and O–H groups in total. The lowest BCUT2D eigenvalue weighted by Gasteiger charge is -2.48. The standard InChI is InChI=1S/C20H36O/c1-15-13-18(16-9-5-3-6-10-16)20(21-2)19(14-15)17-11-7-4-8-12-17/h15-20H,3-14H2,1-2H3. The lowest BCUT2D eigenvalue weighted by Crippen LogP contribution is -2.45. The first kappa shape index (κ1) is 15.8. The van der Waals surface area contributed by atoms with Crippen LogP contribution in [0.25, 0.3) is 0 Å². The van der Waals surface area contributed by atoms with Crippen LogP contribution in [0, 0.1) is 29.6 Å². The molecule has 0 aromatic carbocycles. The fourth-order valence-corrected chi connectivity index (χ4v) is 6.01. The molecule has 0 aromatic rings. The van der Waals surface area contributed by atoms with Crippen molar-refractivity contribution in [3.8, 4) is 0 Å². The van der Waals surface area contributed by atoms with Crippen molar-refractivity contribution in [3.05, 3.63) is 0 Å². The number of hydrogen-bond acceptors (Lipinski definition) is 1. The zero-order chi connectivity index (χ0) is 14.7. The molecule has 3 aliphatic rings. The van der Waals surface area contributed by atoms with Crippen molar-refractivity contribution in [1.82, 2.24) is 0 Å². The van der Waals surface area contributed by atoms with Gasteiger partial charge in [0, 0.05) is 7.11 Å². The van der Waals surface area contributed by atoms with Crippen molar-refractivity contribution >= 4 is 0 Å². The van der Waals surface area contributed by atoms with E-state index in [2.05, 4.69) is 6.92 Å². The van der Waals surface area contributed by atoms with Gasteiger partial charge in [-0.1, -0.05) is 71.1 Å². The SMILES string of the molecule is COC1C(C2CCCCC2)CC(C)CC1C1CCCCC1. The maximum absolute atomic E-state index is 6.17. The Morgan fingerprint density at radius 1 is 0.667 bits per heavy atom. The Bertz CT molecular complexity index is 273. The molecule has 1 nitrogen and oxygen atoms in total. The van der Waals surface area contributed by atoms with Crippen molar-refractivity contribution in [2.45, 2.75) is 90.1 Å². The molecule has 0 bridgehead atoms. The summed E-state index contributed by atoms with van der Waals surface area (Å²) in [6.45, 7) is 2.51. The minimum absolute atomic E-state index is 0.576. The van der Waals surface area contributed by atoms with Crippen LogP contribution >= 0.6 is 0 Å². The van der Waals surface area contributed by atoms with Crippen LogP contribution in [0.2, 0.25) is 0 Å². The van der Waals surface area contributed by atoms with Crippen molar-refractivity contribution in [3.63, 3.8) is 0 Å². The number of methoxy groups -OCH3 is 1. The Morgan fingerprint density at radius 3 is 1.48 bits per heavy atom. The van der Waals surface area contributed by atoms with Gasteiger partial charge in [-0.15, -0.1) is 0 Å². The fraction of sp³-hybridized carbons (Fsp3) is 1.00. The molecule has 0 saturated heterocycles. The van der Waals surface area contributed by atoms with Gasteiger partial charge in [0.25, 0.3) is 0 Å². The maximum Gasteiger partial charge on any atom is 0.0633 e. The second-order valence-electron chi connectivity index (χ2n) is 8.40. The summed E-state index contributed by atoms with van der Waals surface area (Å²) >= 11 is 0. The molecule has 3 saturated carbocycles. The van der Waals surface area contributed by atoms with Gasteiger partial charge in [0.05, 0.1) is 6.10 Å². The van der Waals surface area contributed by atoms with Gasteiger partial charge in [0.15, 0.2) is 0 Å². The third-order valence-electron chi connectivity index (χ3n) is 6.98. The van der Waals surface area contributed by atoms with E-state index in [0.29, 0.717) is 6.10 Å². The third kappa shape index (κ3) is 3.66. The molecule has 0 heterocycles. The van der Waals surface area contributed by atoms with Gasteiger partial charge in [-0.2, -0.15) is 0 Å². The van der Waals surface area contributed by atoms with Crippen LogP contribution in [-0.4, -0.2) is 13.2 Å².